The number of anilines is 1. The van der Waals surface area contributed by atoms with Crippen LogP contribution in [0.2, 0.25) is 0 Å². The van der Waals surface area contributed by atoms with Crippen LogP contribution in [-0.4, -0.2) is 31.8 Å². The molecule has 0 unspecified atom stereocenters. The first kappa shape index (κ1) is 15.2. The standard InChI is InChI=1S/C18H22N2OS/c1-20-10-9-13(11-14-5-3-4-6-16(14)20)12-17(22-2)18(21)19-15-7-8-15/h3-6,11-12,15H,7-10H2,1-2H3,(H,19,21)/b17-12-. The van der Waals surface area contributed by atoms with Gasteiger partial charge >= 0.3 is 0 Å². The molecule has 3 rings (SSSR count). The fourth-order valence-corrected chi connectivity index (χ4v) is 3.14. The summed E-state index contributed by atoms with van der Waals surface area (Å²) in [6.45, 7) is 0.964. The van der Waals surface area contributed by atoms with E-state index in [1.807, 2.05) is 6.26 Å². The molecule has 116 valence electrons. The summed E-state index contributed by atoms with van der Waals surface area (Å²) in [4.78, 5) is 15.3. The maximum absolute atomic E-state index is 12.3. The van der Waals surface area contributed by atoms with Gasteiger partial charge in [-0.25, -0.2) is 0 Å². The number of allylic oxidation sites excluding steroid dienone is 1. The van der Waals surface area contributed by atoms with Crippen LogP contribution in [0, 0.1) is 0 Å². The molecule has 3 nitrogen and oxygen atoms in total. The van der Waals surface area contributed by atoms with E-state index in [0.29, 0.717) is 6.04 Å². The molecule has 1 amide bonds. The molecule has 2 aliphatic rings. The summed E-state index contributed by atoms with van der Waals surface area (Å²) >= 11 is 1.52. The maximum atomic E-state index is 12.3. The summed E-state index contributed by atoms with van der Waals surface area (Å²) in [5.41, 5.74) is 3.68. The van der Waals surface area contributed by atoms with Gasteiger partial charge in [0.2, 0.25) is 0 Å². The number of amides is 1. The number of benzene rings is 1. The number of fused-ring (bicyclic) bond motifs is 1. The zero-order valence-corrected chi connectivity index (χ0v) is 14.0. The monoisotopic (exact) mass is 314 g/mol. The summed E-state index contributed by atoms with van der Waals surface area (Å²) in [5, 5.41) is 3.07. The van der Waals surface area contributed by atoms with Crippen molar-refractivity contribution in [2.45, 2.75) is 25.3 Å². The van der Waals surface area contributed by atoms with Gasteiger partial charge in [0.1, 0.15) is 0 Å². The van der Waals surface area contributed by atoms with Crippen molar-refractivity contribution in [3.05, 3.63) is 46.4 Å². The summed E-state index contributed by atoms with van der Waals surface area (Å²) in [6.07, 6.45) is 9.42. The lowest BCUT2D eigenvalue weighted by Crippen LogP contribution is -2.26. The molecule has 0 spiro atoms. The van der Waals surface area contributed by atoms with E-state index in [1.54, 1.807) is 0 Å². The average Bonchev–Trinajstić information content (AvgIpc) is 3.34. The van der Waals surface area contributed by atoms with Crippen molar-refractivity contribution in [1.29, 1.82) is 0 Å². The highest BCUT2D eigenvalue weighted by atomic mass is 32.2. The maximum Gasteiger partial charge on any atom is 0.257 e. The van der Waals surface area contributed by atoms with Crippen LogP contribution in [0.4, 0.5) is 5.69 Å². The third-order valence-corrected chi connectivity index (χ3v) is 4.84. The van der Waals surface area contributed by atoms with Crippen LogP contribution < -0.4 is 10.2 Å². The highest BCUT2D eigenvalue weighted by Crippen LogP contribution is 2.29. The lowest BCUT2D eigenvalue weighted by Gasteiger charge is -2.18. The molecule has 0 aromatic heterocycles. The smallest absolute Gasteiger partial charge is 0.257 e. The SMILES string of the molecule is CS/C(=C\C1=Cc2ccccc2N(C)CC1)C(=O)NC1CC1. The number of rotatable bonds is 4. The van der Waals surface area contributed by atoms with Gasteiger partial charge in [0.15, 0.2) is 0 Å². The van der Waals surface area contributed by atoms with Crippen LogP contribution in [0.1, 0.15) is 24.8 Å². The van der Waals surface area contributed by atoms with Crippen molar-refractivity contribution >= 4 is 29.4 Å². The first-order chi connectivity index (χ1) is 10.7. The van der Waals surface area contributed by atoms with E-state index >= 15 is 0 Å². The molecule has 4 heteroatoms. The number of nitrogens with one attached hydrogen (secondary N) is 1. The predicted molar refractivity (Wildman–Crippen MR) is 95.1 cm³/mol. The normalized spacial score (nSPS) is 18.4. The van der Waals surface area contributed by atoms with Gasteiger partial charge in [-0.2, -0.15) is 0 Å². The van der Waals surface area contributed by atoms with Crippen molar-refractivity contribution in [2.24, 2.45) is 0 Å². The van der Waals surface area contributed by atoms with E-state index in [9.17, 15) is 4.79 Å². The lowest BCUT2D eigenvalue weighted by molar-refractivity contribution is -0.116. The van der Waals surface area contributed by atoms with Gasteiger partial charge in [-0.3, -0.25) is 4.79 Å². The number of nitrogens with zero attached hydrogens (tertiary/aromatic N) is 1. The number of hydrogen-bond acceptors (Lipinski definition) is 3. The fourth-order valence-electron chi connectivity index (χ4n) is 2.63. The van der Waals surface area contributed by atoms with Crippen LogP contribution in [-0.2, 0) is 4.79 Å². The van der Waals surface area contributed by atoms with Gasteiger partial charge in [0.05, 0.1) is 4.91 Å². The Morgan fingerprint density at radius 3 is 2.86 bits per heavy atom. The lowest BCUT2D eigenvalue weighted by atomic mass is 10.1. The fraction of sp³-hybridized carbons (Fsp3) is 0.389. The first-order valence-electron chi connectivity index (χ1n) is 7.74. The molecule has 1 aromatic carbocycles. The largest absolute Gasteiger partial charge is 0.374 e. The van der Waals surface area contributed by atoms with Crippen LogP contribution in [0.25, 0.3) is 6.08 Å². The minimum atomic E-state index is 0.0711. The predicted octanol–water partition coefficient (Wildman–Crippen LogP) is 3.44. The number of thioether (sulfide) groups is 1. The first-order valence-corrected chi connectivity index (χ1v) is 8.97. The molecule has 0 saturated heterocycles. The van der Waals surface area contributed by atoms with Crippen molar-refractivity contribution in [1.82, 2.24) is 5.32 Å². The van der Waals surface area contributed by atoms with Crippen molar-refractivity contribution < 1.29 is 4.79 Å². The number of para-hydroxylation sites is 1. The van der Waals surface area contributed by atoms with Gasteiger partial charge in [0, 0.05) is 25.3 Å². The highest BCUT2D eigenvalue weighted by molar-refractivity contribution is 8.03. The molecule has 1 saturated carbocycles. The Morgan fingerprint density at radius 2 is 2.14 bits per heavy atom. The van der Waals surface area contributed by atoms with E-state index in [0.717, 1.165) is 30.7 Å². The van der Waals surface area contributed by atoms with Crippen LogP contribution in [0.3, 0.4) is 0 Å². The molecule has 1 aliphatic carbocycles. The number of carbonyl (C=O) groups is 1. The third kappa shape index (κ3) is 3.55. The average molecular weight is 314 g/mol. The van der Waals surface area contributed by atoms with Crippen molar-refractivity contribution in [3.63, 3.8) is 0 Å². The molecule has 1 aromatic rings. The van der Waals surface area contributed by atoms with Crippen molar-refractivity contribution in [3.8, 4) is 0 Å². The molecular weight excluding hydrogens is 292 g/mol. The third-order valence-electron chi connectivity index (χ3n) is 4.10. The highest BCUT2D eigenvalue weighted by Gasteiger charge is 2.24. The Balaban J connectivity index is 1.85. The van der Waals surface area contributed by atoms with Gasteiger partial charge in [-0.1, -0.05) is 18.2 Å². The summed E-state index contributed by atoms with van der Waals surface area (Å²) in [6, 6.07) is 8.81. The van der Waals surface area contributed by atoms with Gasteiger partial charge in [0.25, 0.3) is 5.91 Å². The van der Waals surface area contributed by atoms with Crippen molar-refractivity contribution in [2.75, 3.05) is 24.7 Å². The molecule has 0 radical (unpaired) electrons. The zero-order chi connectivity index (χ0) is 15.5. The van der Waals surface area contributed by atoms with E-state index in [-0.39, 0.29) is 5.91 Å². The summed E-state index contributed by atoms with van der Waals surface area (Å²) in [5.74, 6) is 0.0711. The van der Waals surface area contributed by atoms with E-state index in [4.69, 9.17) is 0 Å². The topological polar surface area (TPSA) is 32.3 Å². The molecule has 0 bridgehead atoms. The Labute approximate surface area is 136 Å². The molecule has 1 fully saturated rings. The minimum Gasteiger partial charge on any atom is -0.374 e. The quantitative estimate of drug-likeness (QED) is 0.864. The molecule has 1 aliphatic heterocycles. The Bertz CT molecular complexity index is 632. The van der Waals surface area contributed by atoms with E-state index in [1.165, 1.54) is 28.6 Å². The summed E-state index contributed by atoms with van der Waals surface area (Å²) in [7, 11) is 2.12. The molecule has 1 N–H and O–H groups in total. The van der Waals surface area contributed by atoms with E-state index < -0.39 is 0 Å². The summed E-state index contributed by atoms with van der Waals surface area (Å²) < 4.78 is 0. The molecular formula is C18H22N2OS. The molecule has 22 heavy (non-hydrogen) atoms. The van der Waals surface area contributed by atoms with Gasteiger partial charge < -0.3 is 10.2 Å². The molecule has 1 heterocycles. The Kier molecular flexibility index (Phi) is 4.57. The Hall–Kier alpha value is -1.68. The van der Waals surface area contributed by atoms with Crippen LogP contribution in [0.15, 0.2) is 40.8 Å². The minimum absolute atomic E-state index is 0.0711. The van der Waals surface area contributed by atoms with E-state index in [2.05, 4.69) is 53.7 Å². The second kappa shape index (κ2) is 6.61. The van der Waals surface area contributed by atoms with Gasteiger partial charge in [-0.05, 0) is 54.9 Å². The van der Waals surface area contributed by atoms with Gasteiger partial charge in [-0.15, -0.1) is 11.8 Å². The number of carbonyl (C=O) groups excluding carboxylic acids is 1. The Morgan fingerprint density at radius 1 is 1.36 bits per heavy atom. The van der Waals surface area contributed by atoms with Crippen LogP contribution >= 0.6 is 11.8 Å². The van der Waals surface area contributed by atoms with Crippen LogP contribution in [0.5, 0.6) is 0 Å². The second-order valence-electron chi connectivity index (χ2n) is 5.91. The second-order valence-corrected chi connectivity index (χ2v) is 6.76. The molecule has 0 atom stereocenters. The number of hydrogen-bond donors (Lipinski definition) is 1. The zero-order valence-electron chi connectivity index (χ0n) is 13.1.